The molecule has 23 heavy (non-hydrogen) atoms. The molecule has 3 N–H and O–H groups in total. The number of nitrogens with one attached hydrogen (secondary N) is 3. The van der Waals surface area contributed by atoms with Crippen LogP contribution >= 0.6 is 0 Å². The molecule has 3 rings (SSSR count). The number of aromatic nitrogens is 2. The minimum absolute atomic E-state index is 0.0235. The average Bonchev–Trinajstić information content (AvgIpc) is 2.45. The number of hydrogen-bond acceptors (Lipinski definition) is 4. The summed E-state index contributed by atoms with van der Waals surface area (Å²) in [5.74, 6) is 0. The first-order valence-corrected chi connectivity index (χ1v) is 8.80. The Bertz CT molecular complexity index is 959. The highest BCUT2D eigenvalue weighted by Gasteiger charge is 2.28. The van der Waals surface area contributed by atoms with E-state index in [1.54, 1.807) is 0 Å². The molecule has 8 heteroatoms. The smallest absolute Gasteiger partial charge is 0.310 e. The first-order valence-electron chi connectivity index (χ1n) is 7.32. The molecule has 0 radical (unpaired) electrons. The van der Waals surface area contributed by atoms with Crippen molar-refractivity contribution in [1.82, 2.24) is 14.7 Å². The molecule has 0 unspecified atom stereocenters. The number of hydrogen-bond donors (Lipinski definition) is 3. The van der Waals surface area contributed by atoms with Gasteiger partial charge < -0.3 is 4.98 Å². The van der Waals surface area contributed by atoms with Crippen molar-refractivity contribution in [2.45, 2.75) is 37.1 Å². The zero-order valence-corrected chi connectivity index (χ0v) is 13.4. The summed E-state index contributed by atoms with van der Waals surface area (Å²) >= 11 is 0. The molecular weight excluding hydrogens is 318 g/mol. The summed E-state index contributed by atoms with van der Waals surface area (Å²) in [6.07, 6.45) is 2.44. The van der Waals surface area contributed by atoms with E-state index in [1.807, 2.05) is 29.2 Å². The second-order valence-electron chi connectivity index (χ2n) is 5.63. The molecule has 1 aromatic heterocycles. The summed E-state index contributed by atoms with van der Waals surface area (Å²) in [6, 6.07) is 7.28. The SMILES string of the molecule is Cc1[nH]c(=O)[nH]c(=O)c1S(=O)(=O)N[C@H]1CCCc2ccccc21. The Morgan fingerprint density at radius 1 is 1.17 bits per heavy atom. The molecule has 1 atom stereocenters. The van der Waals surface area contributed by atoms with E-state index in [0.717, 1.165) is 24.0 Å². The van der Waals surface area contributed by atoms with Crippen LogP contribution in [0.3, 0.4) is 0 Å². The maximum atomic E-state index is 12.6. The second-order valence-corrected chi connectivity index (χ2v) is 7.28. The Morgan fingerprint density at radius 3 is 2.65 bits per heavy atom. The van der Waals surface area contributed by atoms with Crippen molar-refractivity contribution in [3.63, 3.8) is 0 Å². The Kier molecular flexibility index (Phi) is 3.95. The summed E-state index contributed by atoms with van der Waals surface area (Å²) < 4.78 is 27.8. The summed E-state index contributed by atoms with van der Waals surface area (Å²) in [4.78, 5) is 26.9. The highest BCUT2D eigenvalue weighted by atomic mass is 32.2. The van der Waals surface area contributed by atoms with Gasteiger partial charge in [0.15, 0.2) is 4.90 Å². The van der Waals surface area contributed by atoms with Gasteiger partial charge in [0.05, 0.1) is 0 Å². The lowest BCUT2D eigenvalue weighted by Crippen LogP contribution is -2.37. The molecule has 1 aromatic carbocycles. The number of aromatic amines is 2. The maximum Gasteiger partial charge on any atom is 0.325 e. The molecule has 0 aliphatic heterocycles. The molecule has 1 aliphatic carbocycles. The van der Waals surface area contributed by atoms with Crippen LogP contribution in [0, 0.1) is 6.92 Å². The first kappa shape index (κ1) is 15.7. The Morgan fingerprint density at radius 2 is 1.91 bits per heavy atom. The average molecular weight is 335 g/mol. The van der Waals surface area contributed by atoms with Crippen molar-refractivity contribution in [2.75, 3.05) is 0 Å². The van der Waals surface area contributed by atoms with Crippen LogP contribution in [-0.4, -0.2) is 18.4 Å². The Balaban J connectivity index is 2.01. The molecular formula is C15H17N3O4S. The fourth-order valence-electron chi connectivity index (χ4n) is 3.03. The van der Waals surface area contributed by atoms with Crippen molar-refractivity contribution in [2.24, 2.45) is 0 Å². The van der Waals surface area contributed by atoms with E-state index in [4.69, 9.17) is 0 Å². The van der Waals surface area contributed by atoms with Crippen LogP contribution in [0.5, 0.6) is 0 Å². The van der Waals surface area contributed by atoms with Crippen LogP contribution < -0.4 is 16.0 Å². The van der Waals surface area contributed by atoms with Crippen LogP contribution in [0.4, 0.5) is 0 Å². The topological polar surface area (TPSA) is 112 Å². The Labute approximate surface area is 132 Å². The monoisotopic (exact) mass is 335 g/mol. The van der Waals surface area contributed by atoms with Crippen molar-refractivity contribution in [3.05, 3.63) is 61.9 Å². The van der Waals surface area contributed by atoms with Gasteiger partial charge in [0.1, 0.15) is 0 Å². The minimum atomic E-state index is -4.04. The molecule has 0 bridgehead atoms. The molecule has 122 valence electrons. The third-order valence-corrected chi connectivity index (χ3v) is 5.63. The molecule has 1 heterocycles. The lowest BCUT2D eigenvalue weighted by atomic mass is 9.88. The lowest BCUT2D eigenvalue weighted by molar-refractivity contribution is 0.506. The number of rotatable bonds is 3. The first-order chi connectivity index (χ1) is 10.9. The molecule has 7 nitrogen and oxygen atoms in total. The van der Waals surface area contributed by atoms with Gasteiger partial charge in [0.25, 0.3) is 5.56 Å². The molecule has 1 aliphatic rings. The third-order valence-electron chi connectivity index (χ3n) is 4.01. The molecule has 0 saturated heterocycles. The maximum absolute atomic E-state index is 12.6. The predicted octanol–water partition coefficient (Wildman–Crippen LogP) is 0.728. The van der Waals surface area contributed by atoms with Gasteiger partial charge in [-0.25, -0.2) is 17.9 Å². The van der Waals surface area contributed by atoms with Crippen molar-refractivity contribution in [1.29, 1.82) is 0 Å². The van der Waals surface area contributed by atoms with Crippen molar-refractivity contribution in [3.8, 4) is 0 Å². The standard InChI is InChI=1S/C15H17N3O4S/c1-9-13(14(19)17-15(20)16-9)23(21,22)18-12-8-4-6-10-5-2-3-7-11(10)12/h2-3,5,7,12,18H,4,6,8H2,1H3,(H2,16,17,19,20)/t12-/m0/s1. The summed E-state index contributed by atoms with van der Waals surface area (Å²) in [5, 5.41) is 0. The molecule has 0 spiro atoms. The van der Waals surface area contributed by atoms with Crippen LogP contribution in [0.15, 0.2) is 38.8 Å². The Hall–Kier alpha value is -2.19. The number of sulfonamides is 1. The van der Waals surface area contributed by atoms with E-state index in [-0.39, 0.29) is 11.7 Å². The van der Waals surface area contributed by atoms with Crippen LogP contribution in [0.25, 0.3) is 0 Å². The van der Waals surface area contributed by atoms with Crippen molar-refractivity contribution < 1.29 is 8.42 Å². The summed E-state index contributed by atoms with van der Waals surface area (Å²) in [5.41, 5.74) is 0.423. The number of benzene rings is 1. The van der Waals surface area contributed by atoms with E-state index in [2.05, 4.69) is 9.71 Å². The van der Waals surface area contributed by atoms with Gasteiger partial charge in [-0.1, -0.05) is 24.3 Å². The van der Waals surface area contributed by atoms with E-state index < -0.39 is 26.2 Å². The van der Waals surface area contributed by atoms with E-state index >= 15 is 0 Å². The van der Waals surface area contributed by atoms with Crippen LogP contribution in [0.2, 0.25) is 0 Å². The molecule has 0 fully saturated rings. The highest BCUT2D eigenvalue weighted by molar-refractivity contribution is 7.89. The summed E-state index contributed by atoms with van der Waals surface area (Å²) in [7, 11) is -4.04. The quantitative estimate of drug-likeness (QED) is 0.767. The fourth-order valence-corrected chi connectivity index (χ4v) is 4.52. The van der Waals surface area contributed by atoms with Crippen LogP contribution in [0.1, 0.15) is 35.7 Å². The molecule has 0 saturated carbocycles. The van der Waals surface area contributed by atoms with Gasteiger partial charge >= 0.3 is 5.69 Å². The normalized spacial score (nSPS) is 17.7. The number of fused-ring (bicyclic) bond motifs is 1. The number of H-pyrrole nitrogens is 2. The van der Waals surface area contributed by atoms with Crippen molar-refractivity contribution >= 4 is 10.0 Å². The van der Waals surface area contributed by atoms with Gasteiger partial charge in [-0.05, 0) is 37.3 Å². The van der Waals surface area contributed by atoms with Gasteiger partial charge in [-0.2, -0.15) is 0 Å². The van der Waals surface area contributed by atoms with E-state index in [9.17, 15) is 18.0 Å². The zero-order chi connectivity index (χ0) is 16.6. The second kappa shape index (κ2) is 5.78. The largest absolute Gasteiger partial charge is 0.325 e. The third kappa shape index (κ3) is 2.99. The van der Waals surface area contributed by atoms with Gasteiger partial charge in [-0.3, -0.25) is 9.78 Å². The lowest BCUT2D eigenvalue weighted by Gasteiger charge is -2.26. The van der Waals surface area contributed by atoms with Crippen LogP contribution in [-0.2, 0) is 16.4 Å². The van der Waals surface area contributed by atoms with E-state index in [0.29, 0.717) is 6.42 Å². The predicted molar refractivity (Wildman–Crippen MR) is 84.9 cm³/mol. The zero-order valence-electron chi connectivity index (χ0n) is 12.5. The fraction of sp³-hybridized carbons (Fsp3) is 0.333. The summed E-state index contributed by atoms with van der Waals surface area (Å²) in [6.45, 7) is 1.39. The molecule has 2 aromatic rings. The van der Waals surface area contributed by atoms with Gasteiger partial charge in [0, 0.05) is 11.7 Å². The van der Waals surface area contributed by atoms with Gasteiger partial charge in [0.2, 0.25) is 10.0 Å². The van der Waals surface area contributed by atoms with E-state index in [1.165, 1.54) is 6.92 Å². The molecule has 0 amide bonds. The minimum Gasteiger partial charge on any atom is -0.310 e. The van der Waals surface area contributed by atoms with Gasteiger partial charge in [-0.15, -0.1) is 0 Å². The highest BCUT2D eigenvalue weighted by Crippen LogP contribution is 2.30. The number of aryl methyl sites for hydroxylation is 2.